The molecule has 0 bridgehead atoms. The van der Waals surface area contributed by atoms with Crippen LogP contribution in [0.5, 0.6) is 0 Å². The number of pyridine rings is 1. The van der Waals surface area contributed by atoms with Crippen LogP contribution in [0.3, 0.4) is 0 Å². The number of hydrogen-bond donors (Lipinski definition) is 2. The first kappa shape index (κ1) is 14.3. The van der Waals surface area contributed by atoms with Crippen LogP contribution in [0.2, 0.25) is 0 Å². The third-order valence-electron chi connectivity index (χ3n) is 2.76. The molecule has 1 aromatic heterocycles. The van der Waals surface area contributed by atoms with Gasteiger partial charge < -0.3 is 15.5 Å². The predicted octanol–water partition coefficient (Wildman–Crippen LogP) is 1.89. The molecule has 0 amide bonds. The van der Waals surface area contributed by atoms with E-state index in [9.17, 15) is 9.18 Å². The highest BCUT2D eigenvalue weighted by molar-refractivity contribution is 9.10. The first-order chi connectivity index (χ1) is 9.52. The fourth-order valence-corrected chi connectivity index (χ4v) is 2.22. The second-order valence-corrected chi connectivity index (χ2v) is 4.93. The van der Waals surface area contributed by atoms with Crippen molar-refractivity contribution in [2.24, 2.45) is 10.9 Å². The van der Waals surface area contributed by atoms with Gasteiger partial charge in [-0.3, -0.25) is 4.79 Å². The molecule has 104 valence electrons. The van der Waals surface area contributed by atoms with Crippen molar-refractivity contribution >= 4 is 21.8 Å². The lowest BCUT2D eigenvalue weighted by atomic mass is 10.2. The number of halogens is 2. The molecular formula is C13H11BrFN3O2. The fraction of sp³-hybridized carbons (Fsp3) is 0.0769. The van der Waals surface area contributed by atoms with E-state index in [4.69, 9.17) is 10.9 Å². The number of aromatic nitrogens is 1. The van der Waals surface area contributed by atoms with E-state index >= 15 is 0 Å². The van der Waals surface area contributed by atoms with Gasteiger partial charge >= 0.3 is 0 Å². The molecule has 20 heavy (non-hydrogen) atoms. The van der Waals surface area contributed by atoms with Crippen LogP contribution in [0, 0.1) is 5.82 Å². The van der Waals surface area contributed by atoms with Crippen LogP contribution in [-0.4, -0.2) is 15.6 Å². The first-order valence-corrected chi connectivity index (χ1v) is 6.43. The Hall–Kier alpha value is -2.15. The van der Waals surface area contributed by atoms with Crippen molar-refractivity contribution in [3.63, 3.8) is 0 Å². The molecule has 7 heteroatoms. The van der Waals surface area contributed by atoms with Crippen LogP contribution >= 0.6 is 15.9 Å². The average Bonchev–Trinajstić information content (AvgIpc) is 2.43. The molecule has 0 saturated carbocycles. The Morgan fingerprint density at radius 3 is 2.85 bits per heavy atom. The van der Waals surface area contributed by atoms with E-state index in [2.05, 4.69) is 21.1 Å². The van der Waals surface area contributed by atoms with Gasteiger partial charge in [0.2, 0.25) is 0 Å². The van der Waals surface area contributed by atoms with E-state index in [0.29, 0.717) is 4.47 Å². The van der Waals surface area contributed by atoms with E-state index < -0.39 is 0 Å². The summed E-state index contributed by atoms with van der Waals surface area (Å²) in [5, 5.41) is 11.5. The molecule has 2 rings (SSSR count). The molecule has 1 aromatic carbocycles. The van der Waals surface area contributed by atoms with Crippen LogP contribution in [-0.2, 0) is 6.54 Å². The highest BCUT2D eigenvalue weighted by atomic mass is 79.9. The molecule has 0 atom stereocenters. The Labute approximate surface area is 122 Å². The molecular weight excluding hydrogens is 329 g/mol. The van der Waals surface area contributed by atoms with Crippen molar-refractivity contribution in [1.82, 2.24) is 4.57 Å². The Morgan fingerprint density at radius 1 is 1.45 bits per heavy atom. The van der Waals surface area contributed by atoms with Crippen LogP contribution in [0.4, 0.5) is 4.39 Å². The smallest absolute Gasteiger partial charge is 0.261 e. The van der Waals surface area contributed by atoms with Gasteiger partial charge in [-0.1, -0.05) is 27.2 Å². The molecule has 5 nitrogen and oxygen atoms in total. The van der Waals surface area contributed by atoms with Crippen LogP contribution in [0.15, 0.2) is 51.0 Å². The molecule has 0 saturated heterocycles. The number of amidine groups is 1. The SMILES string of the molecule is N/C(=N/O)c1cccn(Cc2ccc(F)cc2Br)c1=O. The maximum Gasteiger partial charge on any atom is 0.261 e. The molecule has 0 aliphatic carbocycles. The summed E-state index contributed by atoms with van der Waals surface area (Å²) in [5.74, 6) is -0.610. The van der Waals surface area contributed by atoms with Gasteiger partial charge in [0.25, 0.3) is 5.56 Å². The van der Waals surface area contributed by atoms with E-state index in [1.807, 2.05) is 0 Å². The lowest BCUT2D eigenvalue weighted by molar-refractivity contribution is 0.318. The summed E-state index contributed by atoms with van der Waals surface area (Å²) in [4.78, 5) is 12.2. The van der Waals surface area contributed by atoms with Crippen molar-refractivity contribution in [1.29, 1.82) is 0 Å². The minimum absolute atomic E-state index is 0.105. The minimum Gasteiger partial charge on any atom is -0.409 e. The van der Waals surface area contributed by atoms with Crippen molar-refractivity contribution in [2.75, 3.05) is 0 Å². The Bertz CT molecular complexity index is 728. The van der Waals surface area contributed by atoms with Gasteiger partial charge in [0.05, 0.1) is 12.1 Å². The topological polar surface area (TPSA) is 80.6 Å². The van der Waals surface area contributed by atoms with Gasteiger partial charge in [-0.25, -0.2) is 4.39 Å². The average molecular weight is 340 g/mol. The maximum absolute atomic E-state index is 13.0. The highest BCUT2D eigenvalue weighted by Gasteiger charge is 2.09. The van der Waals surface area contributed by atoms with Crippen molar-refractivity contribution in [2.45, 2.75) is 6.54 Å². The molecule has 0 fully saturated rings. The number of rotatable bonds is 3. The monoisotopic (exact) mass is 339 g/mol. The Balaban J connectivity index is 2.42. The molecule has 1 heterocycles. The van der Waals surface area contributed by atoms with E-state index in [-0.39, 0.29) is 29.3 Å². The number of hydrogen-bond acceptors (Lipinski definition) is 3. The third kappa shape index (κ3) is 2.88. The van der Waals surface area contributed by atoms with E-state index in [0.717, 1.165) is 5.56 Å². The van der Waals surface area contributed by atoms with Crippen LogP contribution in [0.1, 0.15) is 11.1 Å². The molecule has 0 aliphatic rings. The van der Waals surface area contributed by atoms with Gasteiger partial charge in [-0.05, 0) is 29.8 Å². The van der Waals surface area contributed by atoms with Gasteiger partial charge in [-0.15, -0.1) is 0 Å². The standard InChI is InChI=1S/C13H11BrFN3O2/c14-11-6-9(15)4-3-8(11)7-18-5-1-2-10(13(18)19)12(16)17-20/h1-6,20H,7H2,(H2,16,17). The molecule has 0 radical (unpaired) electrons. The molecule has 3 N–H and O–H groups in total. The fourth-order valence-electron chi connectivity index (χ4n) is 1.74. The summed E-state index contributed by atoms with van der Waals surface area (Å²) in [6.07, 6.45) is 1.58. The Morgan fingerprint density at radius 2 is 2.20 bits per heavy atom. The van der Waals surface area contributed by atoms with E-state index in [1.54, 1.807) is 18.3 Å². The highest BCUT2D eigenvalue weighted by Crippen LogP contribution is 2.18. The zero-order valence-electron chi connectivity index (χ0n) is 10.3. The maximum atomic E-state index is 13.0. The summed E-state index contributed by atoms with van der Waals surface area (Å²) >= 11 is 3.25. The Kier molecular flexibility index (Phi) is 4.19. The quantitative estimate of drug-likeness (QED) is 0.388. The van der Waals surface area contributed by atoms with Gasteiger partial charge in [-0.2, -0.15) is 0 Å². The minimum atomic E-state index is -0.390. The first-order valence-electron chi connectivity index (χ1n) is 5.64. The molecule has 2 aromatic rings. The zero-order valence-corrected chi connectivity index (χ0v) is 11.8. The summed E-state index contributed by atoms with van der Waals surface area (Å²) < 4.78 is 15.0. The zero-order chi connectivity index (χ0) is 14.7. The predicted molar refractivity (Wildman–Crippen MR) is 76.4 cm³/mol. The number of oxime groups is 1. The normalized spacial score (nSPS) is 11.6. The van der Waals surface area contributed by atoms with Gasteiger partial charge in [0, 0.05) is 10.7 Å². The second kappa shape index (κ2) is 5.87. The number of nitrogens with zero attached hydrogens (tertiary/aromatic N) is 2. The van der Waals surface area contributed by atoms with Gasteiger partial charge in [0.1, 0.15) is 5.82 Å². The van der Waals surface area contributed by atoms with Crippen molar-refractivity contribution < 1.29 is 9.60 Å². The summed E-state index contributed by atoms with van der Waals surface area (Å²) in [5.41, 5.74) is 5.89. The summed E-state index contributed by atoms with van der Waals surface area (Å²) in [6.45, 7) is 0.242. The lowest BCUT2D eigenvalue weighted by Crippen LogP contribution is -2.30. The largest absolute Gasteiger partial charge is 0.409 e. The van der Waals surface area contributed by atoms with Crippen molar-refractivity contribution in [3.8, 4) is 0 Å². The summed E-state index contributed by atoms with van der Waals surface area (Å²) in [6, 6.07) is 7.31. The number of benzene rings is 1. The molecule has 0 unspecified atom stereocenters. The lowest BCUT2D eigenvalue weighted by Gasteiger charge is -2.09. The summed E-state index contributed by atoms with van der Waals surface area (Å²) in [7, 11) is 0. The van der Waals surface area contributed by atoms with Crippen molar-refractivity contribution in [3.05, 3.63) is 68.3 Å². The van der Waals surface area contributed by atoms with Crippen LogP contribution in [0.25, 0.3) is 0 Å². The number of nitrogens with two attached hydrogens (primary N) is 1. The third-order valence-corrected chi connectivity index (χ3v) is 3.50. The van der Waals surface area contributed by atoms with E-state index in [1.165, 1.54) is 22.8 Å². The molecule has 0 spiro atoms. The van der Waals surface area contributed by atoms with Crippen LogP contribution < -0.4 is 11.3 Å². The molecule has 0 aliphatic heterocycles. The second-order valence-electron chi connectivity index (χ2n) is 4.08. The van der Waals surface area contributed by atoms with Gasteiger partial charge in [0.15, 0.2) is 5.84 Å².